The van der Waals surface area contributed by atoms with Crippen molar-refractivity contribution in [3.8, 4) is 27.3 Å². The fourth-order valence-corrected chi connectivity index (χ4v) is 5.20. The third-order valence-electron chi connectivity index (χ3n) is 5.77. The lowest BCUT2D eigenvalue weighted by molar-refractivity contribution is -0.378. The van der Waals surface area contributed by atoms with E-state index >= 15 is 0 Å². The van der Waals surface area contributed by atoms with Gasteiger partial charge in [0.05, 0.1) is 0 Å². The van der Waals surface area contributed by atoms with E-state index in [0.29, 0.717) is 18.7 Å². The lowest BCUT2D eigenvalue weighted by Crippen LogP contribution is -3.00. The van der Waals surface area contributed by atoms with E-state index in [1.807, 2.05) is 79.1 Å². The van der Waals surface area contributed by atoms with E-state index in [0.717, 1.165) is 42.9 Å². The number of ether oxygens (including phenoxy) is 1. The molecule has 0 aliphatic carbocycles. The fourth-order valence-electron chi connectivity index (χ4n) is 3.92. The first-order valence-corrected chi connectivity index (χ1v) is 13.2. The van der Waals surface area contributed by atoms with Crippen LogP contribution in [-0.4, -0.2) is 5.91 Å². The number of pyridine rings is 1. The zero-order chi connectivity index (χ0) is 24.7. The molecule has 0 saturated carbocycles. The predicted molar refractivity (Wildman–Crippen MR) is 148 cm³/mol. The minimum Gasteiger partial charge on any atom is -1.00 e. The van der Waals surface area contributed by atoms with Gasteiger partial charge in [-0.15, -0.1) is 11.3 Å². The van der Waals surface area contributed by atoms with Gasteiger partial charge in [0.1, 0.15) is 12.4 Å². The number of nitrogens with one attached hydrogen (secondary N) is 2. The molecule has 0 bridgehead atoms. The molecular weight excluding hydrogens is 568 g/mol. The van der Waals surface area contributed by atoms with Gasteiger partial charge in [0.15, 0.2) is 12.4 Å². The second-order valence-electron chi connectivity index (χ2n) is 8.25. The van der Waals surface area contributed by atoms with Crippen LogP contribution in [0.15, 0.2) is 113 Å². The average Bonchev–Trinajstić information content (AvgIpc) is 3.42. The Kier molecular flexibility index (Phi) is 9.12. The summed E-state index contributed by atoms with van der Waals surface area (Å²) in [6, 6.07) is 30.0. The van der Waals surface area contributed by atoms with Crippen molar-refractivity contribution in [1.82, 2.24) is 5.32 Å². The van der Waals surface area contributed by atoms with Gasteiger partial charge in [-0.05, 0) is 59.0 Å². The zero-order valence-electron chi connectivity index (χ0n) is 19.8. The van der Waals surface area contributed by atoms with Crippen LogP contribution in [0.3, 0.4) is 0 Å². The summed E-state index contributed by atoms with van der Waals surface area (Å²) in [5.41, 5.74) is 5.95. The third kappa shape index (κ3) is 6.66. The first-order chi connectivity index (χ1) is 17.7. The second-order valence-corrected chi connectivity index (χ2v) is 10.1. The Balaban J connectivity index is 0.00000320. The Bertz CT molecular complexity index is 1460. The Morgan fingerprint density at radius 1 is 0.892 bits per heavy atom. The first-order valence-electron chi connectivity index (χ1n) is 11.5. The fraction of sp³-hybridized carbons (Fsp3) is 0.0667. The maximum Gasteiger partial charge on any atom is 0.251 e. The summed E-state index contributed by atoms with van der Waals surface area (Å²) in [6.45, 7) is 0.974. The second kappa shape index (κ2) is 12.7. The van der Waals surface area contributed by atoms with E-state index in [2.05, 4.69) is 55.9 Å². The normalized spacial score (nSPS) is 10.4. The van der Waals surface area contributed by atoms with Crippen molar-refractivity contribution < 1.29 is 26.9 Å². The average molecular weight is 592 g/mol. The third-order valence-corrected chi connectivity index (χ3v) is 7.22. The lowest BCUT2D eigenvalue weighted by atomic mass is 10.0. The molecule has 0 atom stereocenters. The van der Waals surface area contributed by atoms with E-state index in [9.17, 15) is 4.79 Å². The smallest absolute Gasteiger partial charge is 0.251 e. The Morgan fingerprint density at radius 2 is 1.68 bits per heavy atom. The van der Waals surface area contributed by atoms with Crippen LogP contribution >= 0.6 is 27.3 Å². The van der Waals surface area contributed by atoms with Crippen LogP contribution in [0.4, 0.5) is 0 Å². The number of carbonyl (C=O) groups excluding carboxylic acids is 1. The first kappa shape index (κ1) is 26.6. The van der Waals surface area contributed by atoms with E-state index in [-0.39, 0.29) is 18.3 Å². The minimum absolute atomic E-state index is 0. The summed E-state index contributed by atoms with van der Waals surface area (Å²) in [4.78, 5) is 16.8. The molecule has 2 heterocycles. The number of aromatic nitrogens is 1. The van der Waals surface area contributed by atoms with Gasteiger partial charge < -0.3 is 22.5 Å². The largest absolute Gasteiger partial charge is 1.00 e. The number of amides is 1. The molecular formula is C30H24BrClN2O2S. The summed E-state index contributed by atoms with van der Waals surface area (Å²) >= 11 is 5.29. The van der Waals surface area contributed by atoms with Gasteiger partial charge >= 0.3 is 0 Å². The molecule has 7 heteroatoms. The van der Waals surface area contributed by atoms with Crippen molar-refractivity contribution in [2.75, 3.05) is 0 Å². The highest BCUT2D eigenvalue weighted by Gasteiger charge is 2.15. The number of aromatic amines is 1. The molecule has 5 aromatic rings. The van der Waals surface area contributed by atoms with Crippen molar-refractivity contribution in [2.24, 2.45) is 0 Å². The molecule has 0 unspecified atom stereocenters. The van der Waals surface area contributed by atoms with Crippen LogP contribution in [0.5, 0.6) is 5.75 Å². The van der Waals surface area contributed by atoms with Gasteiger partial charge in [-0.2, -0.15) is 0 Å². The van der Waals surface area contributed by atoms with E-state index < -0.39 is 0 Å². The summed E-state index contributed by atoms with van der Waals surface area (Å²) in [5.74, 6) is 0.733. The number of halogens is 2. The zero-order valence-corrected chi connectivity index (χ0v) is 22.9. The lowest BCUT2D eigenvalue weighted by Gasteiger charge is -2.13. The van der Waals surface area contributed by atoms with Gasteiger partial charge in [-0.25, -0.2) is 4.98 Å². The molecule has 5 rings (SSSR count). The molecule has 0 spiro atoms. The van der Waals surface area contributed by atoms with Crippen molar-refractivity contribution in [3.05, 3.63) is 130 Å². The van der Waals surface area contributed by atoms with Crippen LogP contribution in [0.2, 0.25) is 0 Å². The van der Waals surface area contributed by atoms with Gasteiger partial charge in [0.2, 0.25) is 0 Å². The summed E-state index contributed by atoms with van der Waals surface area (Å²) in [6.07, 6.45) is 3.72. The van der Waals surface area contributed by atoms with Crippen LogP contribution in [-0.2, 0) is 13.2 Å². The maximum absolute atomic E-state index is 12.6. The molecule has 3 aromatic carbocycles. The van der Waals surface area contributed by atoms with E-state index in [4.69, 9.17) is 4.74 Å². The predicted octanol–water partition coefficient (Wildman–Crippen LogP) is 4.17. The molecule has 2 N–H and O–H groups in total. The summed E-state index contributed by atoms with van der Waals surface area (Å²) in [7, 11) is 0. The summed E-state index contributed by atoms with van der Waals surface area (Å²) in [5, 5.41) is 5.06. The number of H-pyrrole nitrogens is 1. The van der Waals surface area contributed by atoms with Crippen LogP contribution < -0.4 is 27.4 Å². The van der Waals surface area contributed by atoms with Gasteiger partial charge in [-0.1, -0.05) is 58.4 Å². The van der Waals surface area contributed by atoms with Crippen LogP contribution in [0, 0.1) is 0 Å². The molecule has 0 fully saturated rings. The Hall–Kier alpha value is -3.45. The van der Waals surface area contributed by atoms with E-state index in [1.165, 1.54) is 0 Å². The number of benzene rings is 3. The van der Waals surface area contributed by atoms with Crippen LogP contribution in [0.25, 0.3) is 21.6 Å². The van der Waals surface area contributed by atoms with Crippen molar-refractivity contribution in [2.45, 2.75) is 13.2 Å². The molecule has 0 radical (unpaired) electrons. The number of hydrogen-bond acceptors (Lipinski definition) is 3. The van der Waals surface area contributed by atoms with Crippen molar-refractivity contribution >= 4 is 33.2 Å². The molecule has 2 aromatic heterocycles. The van der Waals surface area contributed by atoms with Gasteiger partial charge in [-0.3, -0.25) is 4.79 Å². The van der Waals surface area contributed by atoms with Crippen molar-refractivity contribution in [3.63, 3.8) is 0 Å². The molecule has 37 heavy (non-hydrogen) atoms. The number of carbonyl (C=O) groups is 1. The monoisotopic (exact) mass is 590 g/mol. The topological polar surface area (TPSA) is 52.5 Å². The highest BCUT2D eigenvalue weighted by atomic mass is 79.9. The molecule has 186 valence electrons. The standard InChI is InChI=1S/C30H23BrN2O2S.ClH/c31-25-12-13-28(35-20-21-5-2-1-3-6-21)27(17-25)26-14-16-36-29(26)23-8-10-24(11-9-23)30(34)33-19-22-7-4-15-32-18-22;/h1-18H,19-20H2,(H,33,34);1H. The number of thiophene rings is 1. The van der Waals surface area contributed by atoms with Crippen molar-refractivity contribution in [1.29, 1.82) is 0 Å². The quantitative estimate of drug-likeness (QED) is 0.295. The summed E-state index contributed by atoms with van der Waals surface area (Å²) < 4.78 is 7.23. The Labute approximate surface area is 234 Å². The van der Waals surface area contributed by atoms with Gasteiger partial charge in [0, 0.05) is 44.2 Å². The molecule has 0 aliphatic heterocycles. The minimum atomic E-state index is -0.0969. The van der Waals surface area contributed by atoms with Crippen LogP contribution in [0.1, 0.15) is 21.5 Å². The maximum atomic E-state index is 12.6. The van der Waals surface area contributed by atoms with Gasteiger partial charge in [0.25, 0.3) is 5.91 Å². The molecule has 4 nitrogen and oxygen atoms in total. The Morgan fingerprint density at radius 3 is 2.43 bits per heavy atom. The molecule has 0 saturated heterocycles. The highest BCUT2D eigenvalue weighted by molar-refractivity contribution is 9.10. The number of rotatable bonds is 8. The van der Waals surface area contributed by atoms with E-state index in [1.54, 1.807) is 11.3 Å². The number of hydrogen-bond donors (Lipinski definition) is 1. The molecule has 1 amide bonds. The highest BCUT2D eigenvalue weighted by Crippen LogP contribution is 2.42. The molecule has 0 aliphatic rings. The SMILES string of the molecule is O=C(NCc1ccc[nH+]c1)c1ccc(-c2sccc2-c2cc(Br)ccc2OCc2ccccc2)cc1.[Cl-].